The summed E-state index contributed by atoms with van der Waals surface area (Å²) >= 11 is 6.21. The van der Waals surface area contributed by atoms with E-state index in [1.165, 1.54) is 0 Å². The second-order valence-corrected chi connectivity index (χ2v) is 5.36. The number of fused-ring (bicyclic) bond motifs is 1. The van der Waals surface area contributed by atoms with Crippen LogP contribution in [0.1, 0.15) is 5.56 Å². The van der Waals surface area contributed by atoms with Gasteiger partial charge in [-0.25, -0.2) is 0 Å². The number of nitrogens with one attached hydrogen (secondary N) is 1. The van der Waals surface area contributed by atoms with Crippen LogP contribution in [0.25, 0.3) is 10.9 Å². The quantitative estimate of drug-likeness (QED) is 0.384. The molecule has 4 N–H and O–H groups in total. The summed E-state index contributed by atoms with van der Waals surface area (Å²) in [5.41, 5.74) is 7.15. The Kier molecular flexibility index (Phi) is 3.99. The van der Waals surface area contributed by atoms with Crippen molar-refractivity contribution in [2.75, 3.05) is 0 Å². The molecule has 0 bridgehead atoms. The zero-order chi connectivity index (χ0) is 16.4. The number of halogens is 1. The molecule has 0 amide bonds. The van der Waals surface area contributed by atoms with E-state index in [9.17, 15) is 5.11 Å². The van der Waals surface area contributed by atoms with Crippen LogP contribution in [0, 0.1) is 5.41 Å². The summed E-state index contributed by atoms with van der Waals surface area (Å²) in [5, 5.41) is 26.4. The molecular weight excluding hydrogens is 314 g/mol. The molecule has 0 unspecified atom stereocenters. The number of rotatable bonds is 3. The van der Waals surface area contributed by atoms with E-state index in [1.807, 2.05) is 42.5 Å². The fraction of sp³-hybridized carbons (Fsp3) is 0.0625. The van der Waals surface area contributed by atoms with Crippen molar-refractivity contribution < 1.29 is 5.11 Å². The summed E-state index contributed by atoms with van der Waals surface area (Å²) in [5.74, 6) is -0.469. The Labute approximate surface area is 137 Å². The molecule has 0 atom stereocenters. The summed E-state index contributed by atoms with van der Waals surface area (Å²) in [6, 6.07) is 14.9. The van der Waals surface area contributed by atoms with Crippen LogP contribution in [-0.4, -0.2) is 15.6 Å². The second-order valence-electron chi connectivity index (χ2n) is 4.95. The first-order valence-corrected chi connectivity index (χ1v) is 7.25. The molecule has 3 aromatic rings. The molecule has 0 saturated heterocycles. The molecule has 0 aliphatic heterocycles. The van der Waals surface area contributed by atoms with E-state index in [0.29, 0.717) is 11.6 Å². The van der Waals surface area contributed by atoms with Gasteiger partial charge in [0, 0.05) is 10.4 Å². The largest absolute Gasteiger partial charge is 0.493 e. The fourth-order valence-corrected chi connectivity index (χ4v) is 2.63. The highest BCUT2D eigenvalue weighted by molar-refractivity contribution is 6.31. The zero-order valence-electron chi connectivity index (χ0n) is 12.1. The van der Waals surface area contributed by atoms with E-state index in [1.54, 1.807) is 10.6 Å². The highest BCUT2D eigenvalue weighted by atomic mass is 35.5. The van der Waals surface area contributed by atoms with Crippen molar-refractivity contribution in [2.24, 2.45) is 16.0 Å². The molecule has 1 heterocycles. The second kappa shape index (κ2) is 6.10. The first kappa shape index (κ1) is 15.1. The van der Waals surface area contributed by atoms with Crippen LogP contribution >= 0.6 is 11.6 Å². The van der Waals surface area contributed by atoms with Crippen molar-refractivity contribution in [3.05, 3.63) is 59.1 Å². The Morgan fingerprint density at radius 1 is 1.17 bits per heavy atom. The first-order valence-electron chi connectivity index (χ1n) is 6.87. The average Bonchev–Trinajstić information content (AvgIpc) is 2.80. The minimum atomic E-state index is -0.424. The molecule has 116 valence electrons. The molecule has 0 aliphatic carbocycles. The topological polar surface area (TPSA) is 99.8 Å². The number of aromatic hydroxyl groups is 1. The number of nitrogens with two attached hydrogens (primary N) is 1. The maximum atomic E-state index is 10.5. The minimum Gasteiger partial charge on any atom is -0.493 e. The van der Waals surface area contributed by atoms with Crippen molar-refractivity contribution in [1.29, 1.82) is 5.41 Å². The van der Waals surface area contributed by atoms with Crippen molar-refractivity contribution in [3.8, 4) is 5.88 Å². The van der Waals surface area contributed by atoms with Crippen molar-refractivity contribution >= 4 is 34.2 Å². The van der Waals surface area contributed by atoms with Gasteiger partial charge in [-0.2, -0.15) is 0 Å². The number of nitrogens with zero attached hydrogens (tertiary/aromatic N) is 3. The number of aromatic nitrogens is 1. The number of para-hydroxylation sites is 1. The van der Waals surface area contributed by atoms with Crippen LogP contribution in [0.4, 0.5) is 5.69 Å². The Bertz CT molecular complexity index is 916. The lowest BCUT2D eigenvalue weighted by Gasteiger charge is -2.08. The Hall–Kier alpha value is -2.86. The van der Waals surface area contributed by atoms with E-state index in [0.717, 1.165) is 16.5 Å². The maximum absolute atomic E-state index is 10.5. The standard InChI is InChI=1S/C16H14ClN5O/c17-12-7-3-1-5-10(12)9-22-13-8-4-2-6-11(13)14(15(22)23)20-21-16(18)19/h1-8,23H,9H2,(H3,18,19). The molecule has 3 rings (SSSR count). The summed E-state index contributed by atoms with van der Waals surface area (Å²) in [6.45, 7) is 0.390. The van der Waals surface area contributed by atoms with Crippen LogP contribution in [0.5, 0.6) is 5.88 Å². The number of hydrogen-bond donors (Lipinski definition) is 3. The fourth-order valence-electron chi connectivity index (χ4n) is 2.43. The van der Waals surface area contributed by atoms with Crippen molar-refractivity contribution in [1.82, 2.24) is 4.57 Å². The number of hydrogen-bond acceptors (Lipinski definition) is 3. The Balaban J connectivity index is 2.16. The normalized spacial score (nSPS) is 11.3. The molecule has 23 heavy (non-hydrogen) atoms. The van der Waals surface area contributed by atoms with Gasteiger partial charge < -0.3 is 15.4 Å². The number of benzene rings is 2. The average molecular weight is 328 g/mol. The van der Waals surface area contributed by atoms with Gasteiger partial charge in [-0.1, -0.05) is 48.0 Å². The molecule has 0 saturated carbocycles. The first-order chi connectivity index (χ1) is 11.1. The third-order valence-corrected chi connectivity index (χ3v) is 3.83. The summed E-state index contributed by atoms with van der Waals surface area (Å²) in [6.07, 6.45) is 0. The van der Waals surface area contributed by atoms with Gasteiger partial charge >= 0.3 is 0 Å². The van der Waals surface area contributed by atoms with E-state index in [2.05, 4.69) is 10.2 Å². The summed E-state index contributed by atoms with van der Waals surface area (Å²) < 4.78 is 1.70. The molecule has 0 fully saturated rings. The van der Waals surface area contributed by atoms with Gasteiger partial charge in [0.2, 0.25) is 11.8 Å². The van der Waals surface area contributed by atoms with Crippen molar-refractivity contribution in [3.63, 3.8) is 0 Å². The van der Waals surface area contributed by atoms with Gasteiger partial charge in [0.25, 0.3) is 0 Å². The van der Waals surface area contributed by atoms with E-state index in [-0.39, 0.29) is 11.6 Å². The molecule has 0 aliphatic rings. The van der Waals surface area contributed by atoms with Crippen LogP contribution in [0.15, 0.2) is 58.8 Å². The summed E-state index contributed by atoms with van der Waals surface area (Å²) in [4.78, 5) is 0. The monoisotopic (exact) mass is 327 g/mol. The van der Waals surface area contributed by atoms with Gasteiger partial charge in [-0.3, -0.25) is 5.41 Å². The lowest BCUT2D eigenvalue weighted by Crippen LogP contribution is -2.03. The van der Waals surface area contributed by atoms with Crippen LogP contribution < -0.4 is 5.73 Å². The molecular formula is C16H14ClN5O. The van der Waals surface area contributed by atoms with Gasteiger partial charge in [0.15, 0.2) is 5.69 Å². The maximum Gasteiger partial charge on any atom is 0.232 e. The van der Waals surface area contributed by atoms with E-state index in [4.69, 9.17) is 22.7 Å². The molecule has 6 nitrogen and oxygen atoms in total. The van der Waals surface area contributed by atoms with Gasteiger partial charge in [-0.05, 0) is 17.7 Å². The van der Waals surface area contributed by atoms with E-state index < -0.39 is 5.96 Å². The predicted molar refractivity (Wildman–Crippen MR) is 90.6 cm³/mol. The van der Waals surface area contributed by atoms with Gasteiger partial charge in [0.1, 0.15) is 0 Å². The predicted octanol–water partition coefficient (Wildman–Crippen LogP) is 4.03. The molecule has 0 spiro atoms. The van der Waals surface area contributed by atoms with Crippen LogP contribution in [0.3, 0.4) is 0 Å². The van der Waals surface area contributed by atoms with Crippen LogP contribution in [0.2, 0.25) is 5.02 Å². The molecule has 0 radical (unpaired) electrons. The molecule has 7 heteroatoms. The van der Waals surface area contributed by atoms with Crippen LogP contribution in [-0.2, 0) is 6.54 Å². The highest BCUT2D eigenvalue weighted by Gasteiger charge is 2.17. The molecule has 2 aromatic carbocycles. The minimum absolute atomic E-state index is 0.0453. The lowest BCUT2D eigenvalue weighted by molar-refractivity contribution is 0.429. The molecule has 1 aromatic heterocycles. The SMILES string of the molecule is N=C(N)N=Nc1c(O)n(Cc2ccccc2Cl)c2ccccc12. The Morgan fingerprint density at radius 2 is 1.87 bits per heavy atom. The third-order valence-electron chi connectivity index (χ3n) is 3.46. The summed E-state index contributed by atoms with van der Waals surface area (Å²) in [7, 11) is 0. The number of azo groups is 1. The third kappa shape index (κ3) is 2.89. The van der Waals surface area contributed by atoms with Gasteiger partial charge in [0.05, 0.1) is 12.1 Å². The lowest BCUT2D eigenvalue weighted by atomic mass is 10.2. The van der Waals surface area contributed by atoms with Crippen molar-refractivity contribution in [2.45, 2.75) is 6.54 Å². The number of guanidine groups is 1. The van der Waals surface area contributed by atoms with Gasteiger partial charge in [-0.15, -0.1) is 10.2 Å². The smallest absolute Gasteiger partial charge is 0.232 e. The highest BCUT2D eigenvalue weighted by Crippen LogP contribution is 2.39. The zero-order valence-corrected chi connectivity index (χ0v) is 12.8. The Morgan fingerprint density at radius 3 is 2.61 bits per heavy atom. The van der Waals surface area contributed by atoms with E-state index >= 15 is 0 Å².